The molecule has 0 radical (unpaired) electrons. The summed E-state index contributed by atoms with van der Waals surface area (Å²) in [4.78, 5) is 17.3. The predicted molar refractivity (Wildman–Crippen MR) is 121 cm³/mol. The van der Waals surface area contributed by atoms with Gasteiger partial charge in [0, 0.05) is 11.1 Å². The highest BCUT2D eigenvalue weighted by Crippen LogP contribution is 2.35. The number of carbonyl (C=O) groups excluding carboxylic acids is 1. The number of carbonyl (C=O) groups is 1. The summed E-state index contributed by atoms with van der Waals surface area (Å²) in [6.45, 7) is 6.27. The number of thioether (sulfide) groups is 1. The van der Waals surface area contributed by atoms with Crippen LogP contribution in [0, 0.1) is 6.92 Å². The van der Waals surface area contributed by atoms with Crippen LogP contribution in [0.1, 0.15) is 40.7 Å². The number of fused-ring (bicyclic) bond motifs is 1. The molecule has 0 aliphatic carbocycles. The number of thiazole rings is 1. The highest BCUT2D eigenvalue weighted by Gasteiger charge is 2.17. The smallest absolute Gasteiger partial charge is 0.173 e. The third-order valence-electron chi connectivity index (χ3n) is 4.68. The van der Waals surface area contributed by atoms with Crippen LogP contribution >= 0.6 is 23.1 Å². The second-order valence-electron chi connectivity index (χ2n) is 7.12. The maximum absolute atomic E-state index is 12.6. The topological polar surface area (TPSA) is 55.7 Å². The van der Waals surface area contributed by atoms with Gasteiger partial charge in [0.25, 0.3) is 0 Å². The van der Waals surface area contributed by atoms with Crippen molar-refractivity contribution < 1.29 is 4.79 Å². The molecule has 2 heterocycles. The van der Waals surface area contributed by atoms with Crippen LogP contribution in [-0.4, -0.2) is 26.7 Å². The number of hydrogen-bond acceptors (Lipinski definition) is 6. The molecule has 0 saturated carbocycles. The molecule has 4 aromatic rings. The quantitative estimate of drug-likeness (QED) is 0.277. The summed E-state index contributed by atoms with van der Waals surface area (Å²) in [7, 11) is 0. The van der Waals surface area contributed by atoms with Crippen LogP contribution in [0.15, 0.2) is 59.6 Å². The van der Waals surface area contributed by atoms with Gasteiger partial charge < -0.3 is 0 Å². The number of aromatic nitrogens is 3. The Bertz CT molecular complexity index is 1150. The lowest BCUT2D eigenvalue weighted by Gasteiger charge is -2.07. The zero-order chi connectivity index (χ0) is 20.4. The first kappa shape index (κ1) is 19.7. The molecule has 0 aliphatic rings. The Morgan fingerprint density at radius 1 is 1.03 bits per heavy atom. The van der Waals surface area contributed by atoms with E-state index >= 15 is 0 Å². The first-order valence-corrected chi connectivity index (χ1v) is 11.3. The van der Waals surface area contributed by atoms with Crippen molar-refractivity contribution in [3.63, 3.8) is 0 Å². The van der Waals surface area contributed by atoms with Crippen molar-refractivity contribution in [3.8, 4) is 11.3 Å². The van der Waals surface area contributed by atoms with Crippen LogP contribution in [0.3, 0.4) is 0 Å². The lowest BCUT2D eigenvalue weighted by molar-refractivity contribution is 0.102. The Morgan fingerprint density at radius 3 is 2.45 bits per heavy atom. The second kappa shape index (κ2) is 8.43. The maximum Gasteiger partial charge on any atom is 0.173 e. The number of aryl methyl sites for hydroxylation is 1. The lowest BCUT2D eigenvalue weighted by atomic mass is 10.0. The lowest BCUT2D eigenvalue weighted by Crippen LogP contribution is -2.03. The van der Waals surface area contributed by atoms with Crippen molar-refractivity contribution in [3.05, 3.63) is 70.7 Å². The van der Waals surface area contributed by atoms with E-state index in [-0.39, 0.29) is 5.78 Å². The molecule has 0 saturated heterocycles. The normalized spacial score (nSPS) is 11.3. The summed E-state index contributed by atoms with van der Waals surface area (Å²) >= 11 is 3.01. The van der Waals surface area contributed by atoms with Crippen molar-refractivity contribution in [1.29, 1.82) is 0 Å². The highest BCUT2D eigenvalue weighted by atomic mass is 32.2. The molecule has 0 N–H and O–H groups in total. The van der Waals surface area contributed by atoms with Gasteiger partial charge >= 0.3 is 0 Å². The van der Waals surface area contributed by atoms with Gasteiger partial charge in [0.05, 0.1) is 15.5 Å². The molecule has 4 nitrogen and oxygen atoms in total. The monoisotopic (exact) mass is 419 g/mol. The van der Waals surface area contributed by atoms with Crippen molar-refractivity contribution in [2.24, 2.45) is 0 Å². The third kappa shape index (κ3) is 4.23. The highest BCUT2D eigenvalue weighted by molar-refractivity contribution is 8.00. The van der Waals surface area contributed by atoms with Gasteiger partial charge in [-0.15, -0.1) is 21.5 Å². The number of nitrogens with zero attached hydrogens (tertiary/aromatic N) is 3. The van der Waals surface area contributed by atoms with E-state index in [1.54, 1.807) is 11.3 Å². The summed E-state index contributed by atoms with van der Waals surface area (Å²) in [6.07, 6.45) is 0. The van der Waals surface area contributed by atoms with Gasteiger partial charge in [-0.3, -0.25) is 4.79 Å². The number of ketones is 1. The van der Waals surface area contributed by atoms with E-state index in [0.717, 1.165) is 32.0 Å². The van der Waals surface area contributed by atoms with Crippen LogP contribution in [0.2, 0.25) is 0 Å². The summed E-state index contributed by atoms with van der Waals surface area (Å²) in [5.74, 6) is 0.846. The molecule has 146 valence electrons. The molecule has 0 unspecified atom stereocenters. The summed E-state index contributed by atoms with van der Waals surface area (Å²) in [5.41, 5.74) is 4.64. The average molecular weight is 420 g/mol. The molecule has 4 rings (SSSR count). The van der Waals surface area contributed by atoms with Crippen LogP contribution < -0.4 is 0 Å². The van der Waals surface area contributed by atoms with E-state index in [1.807, 2.05) is 61.5 Å². The van der Waals surface area contributed by atoms with Gasteiger partial charge in [0.1, 0.15) is 16.2 Å². The first-order chi connectivity index (χ1) is 14.0. The van der Waals surface area contributed by atoms with E-state index in [4.69, 9.17) is 0 Å². The number of Topliss-reactive ketones (excluding diaryl/α,β-unsaturated/α-hetero) is 1. The molecule has 2 aromatic heterocycles. The third-order valence-corrected chi connectivity index (χ3v) is 6.61. The van der Waals surface area contributed by atoms with Crippen molar-refractivity contribution in [1.82, 2.24) is 15.2 Å². The van der Waals surface area contributed by atoms with Gasteiger partial charge in [-0.25, -0.2) is 4.98 Å². The Labute approximate surface area is 178 Å². The SMILES string of the molecule is Cc1nc2c(SCC(=O)c3ccc(C(C)C)cc3)nnc(-c3ccccc3)c2s1. The molecule has 29 heavy (non-hydrogen) atoms. The number of rotatable bonds is 6. The molecular formula is C23H21N3OS2. The fourth-order valence-electron chi connectivity index (χ4n) is 3.07. The second-order valence-corrected chi connectivity index (χ2v) is 9.29. The van der Waals surface area contributed by atoms with Gasteiger partial charge in [-0.2, -0.15) is 0 Å². The van der Waals surface area contributed by atoms with Gasteiger partial charge in [0.15, 0.2) is 5.78 Å². The van der Waals surface area contributed by atoms with Gasteiger partial charge in [-0.05, 0) is 18.4 Å². The molecule has 0 bridgehead atoms. The van der Waals surface area contributed by atoms with Gasteiger partial charge in [0.2, 0.25) is 0 Å². The van der Waals surface area contributed by atoms with Crippen LogP contribution in [0.5, 0.6) is 0 Å². The van der Waals surface area contributed by atoms with E-state index in [1.165, 1.54) is 17.3 Å². The van der Waals surface area contributed by atoms with Crippen LogP contribution in [-0.2, 0) is 0 Å². The molecular weight excluding hydrogens is 398 g/mol. The fourth-order valence-corrected chi connectivity index (χ4v) is 4.88. The van der Waals surface area contributed by atoms with Gasteiger partial charge in [-0.1, -0.05) is 80.2 Å². The summed E-state index contributed by atoms with van der Waals surface area (Å²) in [5, 5.41) is 10.5. The largest absolute Gasteiger partial charge is 0.293 e. The molecule has 0 spiro atoms. The molecule has 0 atom stereocenters. The minimum atomic E-state index is 0.0827. The summed E-state index contributed by atoms with van der Waals surface area (Å²) < 4.78 is 1.01. The zero-order valence-electron chi connectivity index (χ0n) is 16.5. The number of hydrogen-bond donors (Lipinski definition) is 0. The summed E-state index contributed by atoms with van der Waals surface area (Å²) in [6, 6.07) is 17.9. The van der Waals surface area contributed by atoms with E-state index in [9.17, 15) is 4.79 Å². The molecule has 0 aliphatic heterocycles. The molecule has 6 heteroatoms. The molecule has 2 aromatic carbocycles. The minimum Gasteiger partial charge on any atom is -0.293 e. The van der Waals surface area contributed by atoms with E-state index in [0.29, 0.717) is 16.7 Å². The number of benzene rings is 2. The average Bonchev–Trinajstić information content (AvgIpc) is 3.14. The van der Waals surface area contributed by atoms with Crippen LogP contribution in [0.25, 0.3) is 21.5 Å². The zero-order valence-corrected chi connectivity index (χ0v) is 18.2. The van der Waals surface area contributed by atoms with Crippen molar-refractivity contribution >= 4 is 39.1 Å². The molecule has 0 amide bonds. The van der Waals surface area contributed by atoms with Crippen molar-refractivity contribution in [2.45, 2.75) is 31.7 Å². The Morgan fingerprint density at radius 2 is 1.76 bits per heavy atom. The molecule has 0 fully saturated rings. The Kier molecular flexibility index (Phi) is 5.74. The maximum atomic E-state index is 12.6. The fraction of sp³-hybridized carbons (Fsp3) is 0.217. The van der Waals surface area contributed by atoms with Crippen LogP contribution in [0.4, 0.5) is 0 Å². The standard InChI is InChI=1S/C23H21N3OS2/c1-14(2)16-9-11-17(12-10-16)19(27)13-28-23-21-22(29-15(3)24-21)20(25-26-23)18-7-5-4-6-8-18/h4-12,14H,13H2,1-3H3. The Balaban J connectivity index is 1.58. The first-order valence-electron chi connectivity index (χ1n) is 9.48. The predicted octanol–water partition coefficient (Wildman–Crippen LogP) is 6.16. The van der Waals surface area contributed by atoms with Crippen molar-refractivity contribution in [2.75, 3.05) is 5.75 Å². The van der Waals surface area contributed by atoms with E-state index < -0.39 is 0 Å². The Hall–Kier alpha value is -2.57. The van der Waals surface area contributed by atoms with E-state index in [2.05, 4.69) is 29.0 Å². The minimum absolute atomic E-state index is 0.0827.